The lowest BCUT2D eigenvalue weighted by Gasteiger charge is -1.84. The van der Waals surface area contributed by atoms with Crippen LogP contribution in [0.3, 0.4) is 0 Å². The Bertz CT molecular complexity index is 469. The van der Waals surface area contributed by atoms with Crippen LogP contribution in [0.25, 0.3) is 16.6 Å². The van der Waals surface area contributed by atoms with Gasteiger partial charge >= 0.3 is 0 Å². The third kappa shape index (κ3) is 1.18. The van der Waals surface area contributed by atoms with Crippen LogP contribution in [0.15, 0.2) is 30.8 Å². The molecule has 3 nitrogen and oxygen atoms in total. The van der Waals surface area contributed by atoms with E-state index in [1.807, 2.05) is 30.3 Å². The molecule has 3 heteroatoms. The molecule has 1 aromatic heterocycles. The van der Waals surface area contributed by atoms with Crippen molar-refractivity contribution in [1.29, 1.82) is 5.26 Å². The molecule has 0 saturated carbocycles. The summed E-state index contributed by atoms with van der Waals surface area (Å²) in [5.74, 6) is 0.545. The number of hydrogen-bond donors (Lipinski definition) is 1. The van der Waals surface area contributed by atoms with Gasteiger partial charge in [-0.1, -0.05) is 18.7 Å². The molecule has 0 bridgehead atoms. The van der Waals surface area contributed by atoms with Crippen LogP contribution in [0.4, 0.5) is 0 Å². The predicted octanol–water partition coefficient (Wildman–Crippen LogP) is 2.10. The van der Waals surface area contributed by atoms with Crippen molar-refractivity contribution in [2.45, 2.75) is 0 Å². The second-order valence-electron chi connectivity index (χ2n) is 2.69. The maximum absolute atomic E-state index is 8.60. The molecule has 13 heavy (non-hydrogen) atoms. The SMILES string of the molecule is C=C(C#N)c1nc2ccccc2[nH]1. The number of fused-ring (bicyclic) bond motifs is 1. The van der Waals surface area contributed by atoms with Crippen molar-refractivity contribution in [3.05, 3.63) is 36.7 Å². The van der Waals surface area contributed by atoms with Gasteiger partial charge in [0.25, 0.3) is 0 Å². The Hall–Kier alpha value is -2.08. The van der Waals surface area contributed by atoms with Gasteiger partial charge in [-0.05, 0) is 12.1 Å². The minimum atomic E-state index is 0.358. The molecule has 0 fully saturated rings. The van der Waals surface area contributed by atoms with Gasteiger partial charge in [-0.15, -0.1) is 0 Å². The molecule has 0 aliphatic rings. The molecular formula is C10H7N3. The van der Waals surface area contributed by atoms with Crippen molar-refractivity contribution >= 4 is 16.6 Å². The van der Waals surface area contributed by atoms with E-state index in [9.17, 15) is 0 Å². The summed E-state index contributed by atoms with van der Waals surface area (Å²) in [4.78, 5) is 7.22. The Labute approximate surface area is 75.3 Å². The first-order chi connectivity index (χ1) is 6.31. The number of nitrogens with zero attached hydrogens (tertiary/aromatic N) is 2. The monoisotopic (exact) mass is 169 g/mol. The van der Waals surface area contributed by atoms with Gasteiger partial charge in [-0.2, -0.15) is 5.26 Å². The summed E-state index contributed by atoms with van der Waals surface area (Å²) in [5, 5.41) is 8.60. The van der Waals surface area contributed by atoms with Crippen molar-refractivity contribution < 1.29 is 0 Å². The third-order valence-corrected chi connectivity index (χ3v) is 1.81. The van der Waals surface area contributed by atoms with Gasteiger partial charge in [-0.3, -0.25) is 0 Å². The molecule has 0 unspecified atom stereocenters. The average molecular weight is 169 g/mol. The standard InChI is InChI=1S/C10H7N3/c1-7(6-11)10-12-8-4-2-3-5-9(8)13-10/h2-5H,1H2,(H,12,13). The Morgan fingerprint density at radius 1 is 1.46 bits per heavy atom. The van der Waals surface area contributed by atoms with E-state index in [1.165, 1.54) is 0 Å². The van der Waals surface area contributed by atoms with E-state index in [2.05, 4.69) is 16.5 Å². The highest BCUT2D eigenvalue weighted by Gasteiger charge is 2.03. The number of nitrogens with one attached hydrogen (secondary N) is 1. The molecule has 0 aliphatic carbocycles. The highest BCUT2D eigenvalue weighted by molar-refractivity contribution is 5.81. The molecule has 0 aliphatic heterocycles. The molecule has 62 valence electrons. The highest BCUT2D eigenvalue weighted by atomic mass is 14.9. The number of para-hydroxylation sites is 2. The Kier molecular flexibility index (Phi) is 1.60. The second-order valence-corrected chi connectivity index (χ2v) is 2.69. The molecule has 1 N–H and O–H groups in total. The zero-order valence-corrected chi connectivity index (χ0v) is 6.91. The Balaban J connectivity index is 2.64. The smallest absolute Gasteiger partial charge is 0.148 e. The van der Waals surface area contributed by atoms with E-state index in [1.54, 1.807) is 0 Å². The predicted molar refractivity (Wildman–Crippen MR) is 50.7 cm³/mol. The van der Waals surface area contributed by atoms with E-state index in [4.69, 9.17) is 5.26 Å². The first-order valence-electron chi connectivity index (χ1n) is 3.85. The molecule has 1 aromatic carbocycles. The van der Waals surface area contributed by atoms with E-state index in [-0.39, 0.29) is 0 Å². The number of hydrogen-bond acceptors (Lipinski definition) is 2. The number of benzene rings is 1. The van der Waals surface area contributed by atoms with E-state index >= 15 is 0 Å². The minimum absolute atomic E-state index is 0.358. The number of allylic oxidation sites excluding steroid dienone is 1. The minimum Gasteiger partial charge on any atom is -0.337 e. The number of nitriles is 1. The van der Waals surface area contributed by atoms with Gasteiger partial charge in [0.15, 0.2) is 0 Å². The normalized spacial score (nSPS) is 9.77. The maximum atomic E-state index is 8.60. The lowest BCUT2D eigenvalue weighted by Crippen LogP contribution is -1.80. The zero-order chi connectivity index (χ0) is 9.26. The van der Waals surface area contributed by atoms with Gasteiger partial charge in [0, 0.05) is 0 Å². The van der Waals surface area contributed by atoms with Gasteiger partial charge in [0.1, 0.15) is 11.9 Å². The van der Waals surface area contributed by atoms with Crippen LogP contribution < -0.4 is 0 Å². The van der Waals surface area contributed by atoms with Crippen molar-refractivity contribution in [2.75, 3.05) is 0 Å². The molecule has 0 spiro atoms. The van der Waals surface area contributed by atoms with Crippen LogP contribution in [-0.4, -0.2) is 9.97 Å². The number of aromatic amines is 1. The van der Waals surface area contributed by atoms with Crippen molar-refractivity contribution in [3.8, 4) is 6.07 Å². The summed E-state index contributed by atoms with van der Waals surface area (Å²) >= 11 is 0. The fraction of sp³-hybridized carbons (Fsp3) is 0. The molecule has 2 aromatic rings. The topological polar surface area (TPSA) is 52.5 Å². The van der Waals surface area contributed by atoms with Crippen LogP contribution in [0, 0.1) is 11.3 Å². The van der Waals surface area contributed by atoms with E-state index in [0.717, 1.165) is 11.0 Å². The highest BCUT2D eigenvalue weighted by Crippen LogP contribution is 2.14. The largest absolute Gasteiger partial charge is 0.337 e. The van der Waals surface area contributed by atoms with Gasteiger partial charge in [0.2, 0.25) is 0 Å². The summed E-state index contributed by atoms with van der Waals surface area (Å²) < 4.78 is 0. The Morgan fingerprint density at radius 2 is 2.23 bits per heavy atom. The number of aromatic nitrogens is 2. The quantitative estimate of drug-likeness (QED) is 0.664. The van der Waals surface area contributed by atoms with E-state index < -0.39 is 0 Å². The average Bonchev–Trinajstić information content (AvgIpc) is 2.59. The third-order valence-electron chi connectivity index (χ3n) is 1.81. The molecule has 1 heterocycles. The lowest BCUT2D eigenvalue weighted by molar-refractivity contribution is 1.27. The van der Waals surface area contributed by atoms with Crippen LogP contribution in [-0.2, 0) is 0 Å². The molecular weight excluding hydrogens is 162 g/mol. The van der Waals surface area contributed by atoms with Crippen LogP contribution in [0.1, 0.15) is 5.82 Å². The van der Waals surface area contributed by atoms with Crippen molar-refractivity contribution in [1.82, 2.24) is 9.97 Å². The summed E-state index contributed by atoms with van der Waals surface area (Å²) in [7, 11) is 0. The zero-order valence-electron chi connectivity index (χ0n) is 6.91. The fourth-order valence-electron chi connectivity index (χ4n) is 1.15. The van der Waals surface area contributed by atoms with Crippen LogP contribution >= 0.6 is 0 Å². The molecule has 0 amide bonds. The summed E-state index contributed by atoms with van der Waals surface area (Å²) in [5.41, 5.74) is 2.14. The molecule has 0 radical (unpaired) electrons. The van der Waals surface area contributed by atoms with Gasteiger partial charge in [0.05, 0.1) is 16.6 Å². The summed E-state index contributed by atoms with van der Waals surface area (Å²) in [6.45, 7) is 3.58. The van der Waals surface area contributed by atoms with Crippen molar-refractivity contribution in [2.24, 2.45) is 0 Å². The van der Waals surface area contributed by atoms with Crippen molar-refractivity contribution in [3.63, 3.8) is 0 Å². The van der Waals surface area contributed by atoms with Gasteiger partial charge < -0.3 is 4.98 Å². The van der Waals surface area contributed by atoms with Gasteiger partial charge in [-0.25, -0.2) is 4.98 Å². The maximum Gasteiger partial charge on any atom is 0.148 e. The van der Waals surface area contributed by atoms with E-state index in [0.29, 0.717) is 11.4 Å². The summed E-state index contributed by atoms with van der Waals surface area (Å²) in [6.07, 6.45) is 0. The number of H-pyrrole nitrogens is 1. The number of rotatable bonds is 1. The van der Waals surface area contributed by atoms with Crippen LogP contribution in [0.2, 0.25) is 0 Å². The van der Waals surface area contributed by atoms with Crippen LogP contribution in [0.5, 0.6) is 0 Å². The molecule has 0 atom stereocenters. The Morgan fingerprint density at radius 3 is 2.92 bits per heavy atom. The first kappa shape index (κ1) is 7.56. The molecule has 0 saturated heterocycles. The molecule has 2 rings (SSSR count). The lowest BCUT2D eigenvalue weighted by atomic mass is 10.3. The fourth-order valence-corrected chi connectivity index (χ4v) is 1.15. The summed E-state index contributed by atoms with van der Waals surface area (Å²) in [6, 6.07) is 9.58. The number of imidazole rings is 1. The first-order valence-corrected chi connectivity index (χ1v) is 3.85. The second kappa shape index (κ2) is 2.76.